The molecule has 0 radical (unpaired) electrons. The summed E-state index contributed by atoms with van der Waals surface area (Å²) in [6, 6.07) is 10.2. The Kier molecular flexibility index (Phi) is 7.83. The lowest BCUT2D eigenvalue weighted by Crippen LogP contribution is -2.35. The zero-order valence-corrected chi connectivity index (χ0v) is 21.9. The number of aromatic nitrogens is 4. The van der Waals surface area contributed by atoms with Crippen LogP contribution in [0.3, 0.4) is 0 Å². The maximum Gasteiger partial charge on any atom is 0.222 e. The van der Waals surface area contributed by atoms with Crippen LogP contribution in [-0.4, -0.2) is 56.7 Å². The van der Waals surface area contributed by atoms with Crippen molar-refractivity contribution in [1.82, 2.24) is 24.6 Å². The summed E-state index contributed by atoms with van der Waals surface area (Å²) in [6.45, 7) is 7.68. The number of hydrogen-bond donors (Lipinski definition) is 0. The van der Waals surface area contributed by atoms with E-state index in [0.717, 1.165) is 86.1 Å². The van der Waals surface area contributed by atoms with Gasteiger partial charge in [0.05, 0.1) is 17.3 Å². The molecule has 5 rings (SSSR count). The van der Waals surface area contributed by atoms with Gasteiger partial charge in [-0.3, -0.25) is 4.79 Å². The third kappa shape index (κ3) is 5.40. The van der Waals surface area contributed by atoms with Crippen molar-refractivity contribution in [1.29, 1.82) is 0 Å². The summed E-state index contributed by atoms with van der Waals surface area (Å²) < 4.78 is 1.93. The summed E-state index contributed by atoms with van der Waals surface area (Å²) in [7, 11) is 0. The molecular weight excluding hydrogens is 448 g/mol. The molecule has 0 N–H and O–H groups in total. The van der Waals surface area contributed by atoms with Crippen molar-refractivity contribution < 1.29 is 4.79 Å². The van der Waals surface area contributed by atoms with Crippen LogP contribution in [0.1, 0.15) is 83.4 Å². The summed E-state index contributed by atoms with van der Waals surface area (Å²) in [4.78, 5) is 27.6. The molecule has 1 amide bonds. The Labute approximate surface area is 214 Å². The molecule has 1 saturated heterocycles. The van der Waals surface area contributed by atoms with Crippen LogP contribution >= 0.6 is 0 Å². The highest BCUT2D eigenvalue weighted by atomic mass is 16.2. The fraction of sp³-hybridized carbons (Fsp3) is 0.586. The standard InChI is InChI=1S/C29H40N6O/c1-3-10-22(2)27-31-28(25-21-30-35(29(25)32-27)24-13-5-4-6-14-24)34-18-9-17-33(19-20-34)26(36)16-15-23-11-7-8-12-23/h4-6,13-14,21-23H,3,7-12,15-20H2,1-2H3/t22-/m0/s1. The molecule has 3 aromatic rings. The Balaban J connectivity index is 1.39. The monoisotopic (exact) mass is 488 g/mol. The van der Waals surface area contributed by atoms with Crippen LogP contribution in [0.2, 0.25) is 0 Å². The molecule has 1 aliphatic carbocycles. The van der Waals surface area contributed by atoms with Crippen LogP contribution in [0.4, 0.5) is 5.82 Å². The number of benzene rings is 1. The minimum atomic E-state index is 0.276. The number of carbonyl (C=O) groups is 1. The van der Waals surface area contributed by atoms with E-state index in [1.165, 1.54) is 25.7 Å². The fourth-order valence-electron chi connectivity index (χ4n) is 5.85. The third-order valence-corrected chi connectivity index (χ3v) is 7.98. The number of carbonyl (C=O) groups excluding carboxylic acids is 1. The molecule has 1 aromatic carbocycles. The van der Waals surface area contributed by atoms with Gasteiger partial charge in [0.2, 0.25) is 5.91 Å². The molecule has 192 valence electrons. The van der Waals surface area contributed by atoms with E-state index in [4.69, 9.17) is 15.1 Å². The maximum absolute atomic E-state index is 13.0. The normalized spacial score (nSPS) is 18.1. The van der Waals surface area contributed by atoms with Gasteiger partial charge in [0.25, 0.3) is 0 Å². The van der Waals surface area contributed by atoms with Gasteiger partial charge in [0.15, 0.2) is 5.65 Å². The molecule has 36 heavy (non-hydrogen) atoms. The third-order valence-electron chi connectivity index (χ3n) is 7.98. The Bertz CT molecular complexity index is 1150. The van der Waals surface area contributed by atoms with Crippen LogP contribution < -0.4 is 4.90 Å². The lowest BCUT2D eigenvalue weighted by Gasteiger charge is -2.24. The summed E-state index contributed by atoms with van der Waals surface area (Å²) in [5, 5.41) is 5.70. The molecule has 3 heterocycles. The maximum atomic E-state index is 13.0. The van der Waals surface area contributed by atoms with E-state index in [1.807, 2.05) is 29.1 Å². The van der Waals surface area contributed by atoms with Crippen molar-refractivity contribution in [3.05, 3.63) is 42.4 Å². The van der Waals surface area contributed by atoms with Crippen LogP contribution in [0.25, 0.3) is 16.7 Å². The smallest absolute Gasteiger partial charge is 0.222 e. The van der Waals surface area contributed by atoms with E-state index < -0.39 is 0 Å². The zero-order chi connectivity index (χ0) is 24.9. The SMILES string of the molecule is CCC[C@H](C)c1nc(N2CCCN(C(=O)CCC3CCCC3)CC2)c2cnn(-c3ccccc3)c2n1. The van der Waals surface area contributed by atoms with Crippen molar-refractivity contribution in [2.45, 2.75) is 77.6 Å². The highest BCUT2D eigenvalue weighted by Gasteiger charge is 2.25. The Hall–Kier alpha value is -2.96. The molecule has 2 aliphatic rings. The van der Waals surface area contributed by atoms with Crippen molar-refractivity contribution in [3.8, 4) is 5.69 Å². The van der Waals surface area contributed by atoms with E-state index >= 15 is 0 Å². The van der Waals surface area contributed by atoms with E-state index in [9.17, 15) is 4.79 Å². The molecule has 0 spiro atoms. The van der Waals surface area contributed by atoms with Crippen molar-refractivity contribution >= 4 is 22.8 Å². The molecule has 7 heteroatoms. The van der Waals surface area contributed by atoms with Gasteiger partial charge in [-0.05, 0) is 37.3 Å². The summed E-state index contributed by atoms with van der Waals surface area (Å²) >= 11 is 0. The lowest BCUT2D eigenvalue weighted by molar-refractivity contribution is -0.131. The highest BCUT2D eigenvalue weighted by molar-refractivity contribution is 5.88. The van der Waals surface area contributed by atoms with Crippen molar-refractivity contribution in [3.63, 3.8) is 0 Å². The molecule has 2 fully saturated rings. The number of amides is 1. The second-order valence-electron chi connectivity index (χ2n) is 10.6. The van der Waals surface area contributed by atoms with Gasteiger partial charge in [0, 0.05) is 38.5 Å². The summed E-state index contributed by atoms with van der Waals surface area (Å²) in [5.74, 6) is 3.20. The summed E-state index contributed by atoms with van der Waals surface area (Å²) in [6.07, 6.45) is 12.0. The van der Waals surface area contributed by atoms with Crippen LogP contribution in [0.15, 0.2) is 36.5 Å². The number of nitrogens with zero attached hydrogens (tertiary/aromatic N) is 6. The van der Waals surface area contributed by atoms with E-state index in [1.54, 1.807) is 0 Å². The Morgan fingerprint density at radius 3 is 2.61 bits per heavy atom. The lowest BCUT2D eigenvalue weighted by atomic mass is 10.0. The first kappa shape index (κ1) is 24.7. The average molecular weight is 489 g/mol. The van der Waals surface area contributed by atoms with Crippen LogP contribution in [0, 0.1) is 5.92 Å². The van der Waals surface area contributed by atoms with Crippen LogP contribution in [-0.2, 0) is 4.79 Å². The number of para-hydroxylation sites is 1. The van der Waals surface area contributed by atoms with Crippen LogP contribution in [0.5, 0.6) is 0 Å². The first-order valence-corrected chi connectivity index (χ1v) is 14.0. The second kappa shape index (κ2) is 11.4. The predicted octanol–water partition coefficient (Wildman–Crippen LogP) is 5.73. The molecule has 0 bridgehead atoms. The van der Waals surface area contributed by atoms with Gasteiger partial charge in [0.1, 0.15) is 11.6 Å². The van der Waals surface area contributed by atoms with Crippen molar-refractivity contribution in [2.75, 3.05) is 31.1 Å². The van der Waals surface area contributed by atoms with Gasteiger partial charge in [-0.15, -0.1) is 0 Å². The molecule has 1 aliphatic heterocycles. The van der Waals surface area contributed by atoms with Gasteiger partial charge in [-0.25, -0.2) is 14.6 Å². The second-order valence-corrected chi connectivity index (χ2v) is 10.6. The number of rotatable bonds is 8. The van der Waals surface area contributed by atoms with Crippen molar-refractivity contribution in [2.24, 2.45) is 5.92 Å². The molecule has 1 saturated carbocycles. The van der Waals surface area contributed by atoms with Gasteiger partial charge < -0.3 is 9.80 Å². The highest BCUT2D eigenvalue weighted by Crippen LogP contribution is 2.31. The first-order chi connectivity index (χ1) is 17.6. The summed E-state index contributed by atoms with van der Waals surface area (Å²) in [5.41, 5.74) is 1.86. The first-order valence-electron chi connectivity index (χ1n) is 14.0. The largest absolute Gasteiger partial charge is 0.354 e. The quantitative estimate of drug-likeness (QED) is 0.405. The Morgan fingerprint density at radius 1 is 1.03 bits per heavy atom. The predicted molar refractivity (Wildman–Crippen MR) is 145 cm³/mol. The molecule has 2 aromatic heterocycles. The van der Waals surface area contributed by atoms with E-state index in [-0.39, 0.29) is 5.92 Å². The number of fused-ring (bicyclic) bond motifs is 1. The van der Waals surface area contributed by atoms with Gasteiger partial charge in [-0.1, -0.05) is 64.2 Å². The number of anilines is 1. The zero-order valence-electron chi connectivity index (χ0n) is 21.9. The molecule has 7 nitrogen and oxygen atoms in total. The minimum Gasteiger partial charge on any atom is -0.354 e. The van der Waals surface area contributed by atoms with E-state index in [2.05, 4.69) is 35.8 Å². The van der Waals surface area contributed by atoms with Gasteiger partial charge in [-0.2, -0.15) is 5.10 Å². The fourth-order valence-corrected chi connectivity index (χ4v) is 5.85. The number of hydrogen-bond acceptors (Lipinski definition) is 5. The topological polar surface area (TPSA) is 67.2 Å². The Morgan fingerprint density at radius 2 is 1.83 bits per heavy atom. The molecular formula is C29H40N6O. The minimum absolute atomic E-state index is 0.276. The van der Waals surface area contributed by atoms with Gasteiger partial charge >= 0.3 is 0 Å². The molecule has 1 atom stereocenters. The van der Waals surface area contributed by atoms with E-state index in [0.29, 0.717) is 12.3 Å². The average Bonchev–Trinajstić information content (AvgIpc) is 3.52. The molecule has 0 unspecified atom stereocenters.